The van der Waals surface area contributed by atoms with Crippen molar-refractivity contribution >= 4 is 62.9 Å². The third-order valence-electron chi connectivity index (χ3n) is 5.67. The Balaban J connectivity index is 1.53. The highest BCUT2D eigenvalue weighted by Gasteiger charge is 2.47. The predicted octanol–water partition coefficient (Wildman–Crippen LogP) is 6.48. The van der Waals surface area contributed by atoms with Gasteiger partial charge >= 0.3 is 0 Å². The first-order valence-corrected chi connectivity index (χ1v) is 14.0. The number of carbonyl (C=O) groups is 2. The van der Waals surface area contributed by atoms with Crippen LogP contribution in [-0.2, 0) is 10.5 Å². The Morgan fingerprint density at radius 2 is 1.86 bits per heavy atom. The van der Waals surface area contributed by atoms with Gasteiger partial charge in [0.05, 0.1) is 27.2 Å². The summed E-state index contributed by atoms with van der Waals surface area (Å²) in [7, 11) is 0. The number of ketones is 1. The normalized spacial score (nSPS) is 15.6. The molecule has 0 fully saturated rings. The SMILES string of the molecule is Cc1nc(C)c(C(=O)C2=C(O)C(=O)N(c3nnc(SCc4ccccc4F)s3)C2c2ccccc2Cl)s1. The van der Waals surface area contributed by atoms with E-state index in [9.17, 15) is 19.1 Å². The van der Waals surface area contributed by atoms with Crippen molar-refractivity contribution in [2.45, 2.75) is 30.0 Å². The van der Waals surface area contributed by atoms with Crippen LogP contribution in [0.5, 0.6) is 0 Å². The van der Waals surface area contributed by atoms with E-state index >= 15 is 0 Å². The fourth-order valence-corrected chi connectivity index (χ4v) is 6.97. The van der Waals surface area contributed by atoms with Crippen molar-refractivity contribution in [2.75, 3.05) is 4.90 Å². The number of aliphatic hydroxyl groups excluding tert-OH is 1. The molecular formula is C25H18ClFN4O3S3. The van der Waals surface area contributed by atoms with Gasteiger partial charge in [-0.25, -0.2) is 9.37 Å². The largest absolute Gasteiger partial charge is 0.503 e. The third-order valence-corrected chi connectivity index (χ3v) is 9.19. The van der Waals surface area contributed by atoms with Crippen LogP contribution in [0.15, 0.2) is 64.2 Å². The average molecular weight is 573 g/mol. The van der Waals surface area contributed by atoms with Crippen molar-refractivity contribution < 1.29 is 19.1 Å². The van der Waals surface area contributed by atoms with Gasteiger partial charge in [-0.2, -0.15) is 0 Å². The number of hydrogen-bond donors (Lipinski definition) is 1. The second kappa shape index (κ2) is 10.3. The maximum absolute atomic E-state index is 14.0. The van der Waals surface area contributed by atoms with Gasteiger partial charge in [-0.1, -0.05) is 71.1 Å². The molecule has 0 saturated heterocycles. The maximum Gasteiger partial charge on any atom is 0.296 e. The van der Waals surface area contributed by atoms with Crippen LogP contribution < -0.4 is 4.90 Å². The van der Waals surface area contributed by atoms with Gasteiger partial charge in [-0.15, -0.1) is 21.5 Å². The highest BCUT2D eigenvalue weighted by Crippen LogP contribution is 2.46. The molecule has 1 aliphatic heterocycles. The fraction of sp³-hybridized carbons (Fsp3) is 0.160. The lowest BCUT2D eigenvalue weighted by Gasteiger charge is -2.24. The standard InChI is InChI=1S/C25H18ClFN4O3S3/c1-12-22(36-13(2)28-12)20(32)18-19(15-8-4-5-9-16(15)26)31(23(34)21(18)33)24-29-30-25(37-24)35-11-14-7-3-6-10-17(14)27/h3-10,19,33H,11H2,1-2H3. The first kappa shape index (κ1) is 25.5. The molecule has 7 nitrogen and oxygen atoms in total. The Morgan fingerprint density at radius 3 is 2.57 bits per heavy atom. The molecule has 0 saturated carbocycles. The van der Waals surface area contributed by atoms with Crippen LogP contribution in [0.2, 0.25) is 5.02 Å². The molecular weight excluding hydrogens is 555 g/mol. The molecule has 3 heterocycles. The molecule has 2 aromatic carbocycles. The summed E-state index contributed by atoms with van der Waals surface area (Å²) in [5.41, 5.74) is 1.39. The van der Waals surface area contributed by atoms with Crippen LogP contribution in [0.25, 0.3) is 0 Å². The van der Waals surface area contributed by atoms with E-state index in [1.807, 2.05) is 0 Å². The number of hydrogen-bond acceptors (Lipinski definition) is 9. The van der Waals surface area contributed by atoms with Crippen molar-refractivity contribution in [1.29, 1.82) is 0 Å². The topological polar surface area (TPSA) is 96.3 Å². The molecule has 1 amide bonds. The van der Waals surface area contributed by atoms with Crippen molar-refractivity contribution in [3.05, 3.63) is 97.4 Å². The van der Waals surface area contributed by atoms with Gasteiger partial charge in [-0.3, -0.25) is 14.5 Å². The van der Waals surface area contributed by atoms with E-state index in [2.05, 4.69) is 15.2 Å². The number of amides is 1. The number of nitrogens with zero attached hydrogens (tertiary/aromatic N) is 4. The van der Waals surface area contributed by atoms with Gasteiger partial charge in [0, 0.05) is 10.8 Å². The van der Waals surface area contributed by atoms with Crippen LogP contribution in [0, 0.1) is 19.7 Å². The molecule has 0 radical (unpaired) electrons. The molecule has 2 aromatic heterocycles. The molecule has 0 aliphatic carbocycles. The summed E-state index contributed by atoms with van der Waals surface area (Å²) in [6.45, 7) is 3.49. The van der Waals surface area contributed by atoms with Crippen LogP contribution in [-0.4, -0.2) is 32.0 Å². The number of aryl methyl sites for hydroxylation is 2. The molecule has 1 unspecified atom stereocenters. The molecule has 0 bridgehead atoms. The molecule has 12 heteroatoms. The van der Waals surface area contributed by atoms with Gasteiger partial charge in [0.25, 0.3) is 5.91 Å². The van der Waals surface area contributed by atoms with Crippen molar-refractivity contribution in [1.82, 2.24) is 15.2 Å². The highest BCUT2D eigenvalue weighted by molar-refractivity contribution is 8.00. The number of thioether (sulfide) groups is 1. The number of aromatic nitrogens is 3. The molecule has 5 rings (SSSR count). The number of thiazole rings is 1. The van der Waals surface area contributed by atoms with Crippen LogP contribution in [0.3, 0.4) is 0 Å². The molecule has 1 aliphatic rings. The van der Waals surface area contributed by atoms with Crippen LogP contribution >= 0.6 is 46.0 Å². The minimum Gasteiger partial charge on any atom is -0.503 e. The smallest absolute Gasteiger partial charge is 0.296 e. The quantitative estimate of drug-likeness (QED) is 0.154. The Morgan fingerprint density at radius 1 is 1.14 bits per heavy atom. The summed E-state index contributed by atoms with van der Waals surface area (Å²) in [5.74, 6) is -1.95. The lowest BCUT2D eigenvalue weighted by molar-refractivity contribution is -0.117. The number of anilines is 1. The minimum atomic E-state index is -1.02. The summed E-state index contributed by atoms with van der Waals surface area (Å²) >= 11 is 10.1. The maximum atomic E-state index is 14.0. The number of benzene rings is 2. The second-order valence-electron chi connectivity index (χ2n) is 8.07. The van der Waals surface area contributed by atoms with Crippen LogP contribution in [0.4, 0.5) is 9.52 Å². The monoisotopic (exact) mass is 572 g/mol. The summed E-state index contributed by atoms with van der Waals surface area (Å²) in [6.07, 6.45) is 0. The van der Waals surface area contributed by atoms with Gasteiger partial charge < -0.3 is 5.11 Å². The van der Waals surface area contributed by atoms with E-state index in [-0.39, 0.29) is 16.5 Å². The first-order chi connectivity index (χ1) is 17.8. The Labute approximate surface area is 228 Å². The third kappa shape index (κ3) is 4.79. The summed E-state index contributed by atoms with van der Waals surface area (Å²) in [4.78, 5) is 32.9. The molecule has 0 spiro atoms. The minimum absolute atomic E-state index is 0.0967. The molecule has 1 atom stereocenters. The fourth-order valence-electron chi connectivity index (χ4n) is 4.00. The van der Waals surface area contributed by atoms with E-state index in [1.165, 1.54) is 34.1 Å². The Bertz CT molecular complexity index is 1570. The predicted molar refractivity (Wildman–Crippen MR) is 143 cm³/mol. The van der Waals surface area contributed by atoms with E-state index in [4.69, 9.17) is 11.6 Å². The highest BCUT2D eigenvalue weighted by atomic mass is 35.5. The van der Waals surface area contributed by atoms with Gasteiger partial charge in [0.2, 0.25) is 10.9 Å². The Hall–Kier alpha value is -3.12. The van der Waals surface area contributed by atoms with E-state index < -0.39 is 23.5 Å². The summed E-state index contributed by atoms with van der Waals surface area (Å²) < 4.78 is 14.5. The number of halogens is 2. The number of carbonyl (C=O) groups excluding carboxylic acids is 2. The zero-order valence-corrected chi connectivity index (χ0v) is 22.6. The lowest BCUT2D eigenvalue weighted by Crippen LogP contribution is -2.31. The number of Topliss-reactive ketones (excluding diaryl/α,β-unsaturated/α-hetero) is 1. The van der Waals surface area contributed by atoms with Crippen molar-refractivity contribution in [2.24, 2.45) is 0 Å². The lowest BCUT2D eigenvalue weighted by atomic mass is 9.95. The van der Waals surface area contributed by atoms with E-state index in [0.717, 1.165) is 11.3 Å². The average Bonchev–Trinajstić information content (AvgIpc) is 3.54. The van der Waals surface area contributed by atoms with Crippen molar-refractivity contribution in [3.63, 3.8) is 0 Å². The summed E-state index contributed by atoms with van der Waals surface area (Å²) in [5, 5.41) is 20.5. The number of rotatable bonds is 7. The zero-order valence-electron chi connectivity index (χ0n) is 19.4. The first-order valence-electron chi connectivity index (χ1n) is 11.0. The van der Waals surface area contributed by atoms with Gasteiger partial charge in [0.15, 0.2) is 10.1 Å². The van der Waals surface area contributed by atoms with Crippen LogP contribution in [0.1, 0.15) is 37.5 Å². The molecule has 4 aromatic rings. The Kier molecular flexibility index (Phi) is 7.13. The van der Waals surface area contributed by atoms with Crippen molar-refractivity contribution in [3.8, 4) is 0 Å². The molecule has 37 heavy (non-hydrogen) atoms. The van der Waals surface area contributed by atoms with E-state index in [1.54, 1.807) is 56.3 Å². The molecule has 1 N–H and O–H groups in total. The van der Waals surface area contributed by atoms with Gasteiger partial charge in [-0.05, 0) is 37.1 Å². The van der Waals surface area contributed by atoms with Gasteiger partial charge in [0.1, 0.15) is 5.82 Å². The van der Waals surface area contributed by atoms with E-state index in [0.29, 0.717) is 41.8 Å². The molecule has 188 valence electrons. The summed E-state index contributed by atoms with van der Waals surface area (Å²) in [6, 6.07) is 12.2. The second-order valence-corrected chi connectivity index (χ2v) is 11.9. The number of aliphatic hydroxyl groups is 1. The zero-order chi connectivity index (χ0) is 26.3.